The molecule has 0 saturated heterocycles. The van der Waals surface area contributed by atoms with Gasteiger partial charge in [0.05, 0.1) is 5.56 Å². The number of hydrogen-bond donors (Lipinski definition) is 1. The Bertz CT molecular complexity index is 898. The zero-order valence-electron chi connectivity index (χ0n) is 13.9. The molecule has 3 rings (SSSR count). The number of rotatable bonds is 6. The second-order valence-electron chi connectivity index (χ2n) is 5.69. The number of halogens is 2. The van der Waals surface area contributed by atoms with E-state index in [9.17, 15) is 4.79 Å². The van der Waals surface area contributed by atoms with Crippen molar-refractivity contribution in [2.24, 2.45) is 0 Å². The summed E-state index contributed by atoms with van der Waals surface area (Å²) in [7, 11) is 0. The summed E-state index contributed by atoms with van der Waals surface area (Å²) in [4.78, 5) is 12.6. The lowest BCUT2D eigenvalue weighted by molar-refractivity contribution is 0.0946. The molecule has 26 heavy (non-hydrogen) atoms. The minimum Gasteiger partial charge on any atom is -0.488 e. The fourth-order valence-electron chi connectivity index (χ4n) is 2.45. The van der Waals surface area contributed by atoms with Crippen LogP contribution in [0.4, 0.5) is 0 Å². The van der Waals surface area contributed by atoms with Crippen LogP contribution in [0.1, 0.15) is 21.5 Å². The maximum Gasteiger partial charge on any atom is 0.255 e. The van der Waals surface area contributed by atoms with Gasteiger partial charge in [0.25, 0.3) is 5.91 Å². The summed E-state index contributed by atoms with van der Waals surface area (Å²) in [6.45, 7) is 0.691. The molecule has 0 unspecified atom stereocenters. The molecule has 0 atom stereocenters. The van der Waals surface area contributed by atoms with Gasteiger partial charge in [-0.3, -0.25) is 4.79 Å². The van der Waals surface area contributed by atoms with Crippen molar-refractivity contribution in [2.75, 3.05) is 0 Å². The summed E-state index contributed by atoms with van der Waals surface area (Å²) in [5.41, 5.74) is 2.25. The van der Waals surface area contributed by atoms with Crippen molar-refractivity contribution in [2.45, 2.75) is 13.2 Å². The van der Waals surface area contributed by atoms with Crippen LogP contribution in [0, 0.1) is 0 Å². The third kappa shape index (κ3) is 4.78. The van der Waals surface area contributed by atoms with Gasteiger partial charge in [0.2, 0.25) is 0 Å². The van der Waals surface area contributed by atoms with E-state index in [0.717, 1.165) is 11.1 Å². The van der Waals surface area contributed by atoms with Crippen molar-refractivity contribution in [1.29, 1.82) is 0 Å². The zero-order chi connectivity index (χ0) is 18.4. The molecule has 0 spiro atoms. The van der Waals surface area contributed by atoms with E-state index in [1.54, 1.807) is 24.3 Å². The number of carbonyl (C=O) groups excluding carboxylic acids is 1. The Kier molecular flexibility index (Phi) is 6.16. The minimum atomic E-state index is -0.268. The van der Waals surface area contributed by atoms with Gasteiger partial charge >= 0.3 is 0 Å². The lowest BCUT2D eigenvalue weighted by Gasteiger charge is -2.13. The lowest BCUT2D eigenvalue weighted by atomic mass is 10.1. The Hall–Kier alpha value is -2.49. The Labute approximate surface area is 162 Å². The highest BCUT2D eigenvalue weighted by Gasteiger charge is 2.14. The summed E-state index contributed by atoms with van der Waals surface area (Å²) >= 11 is 12.2. The fourth-order valence-corrected chi connectivity index (χ4v) is 2.83. The first kappa shape index (κ1) is 18.3. The smallest absolute Gasteiger partial charge is 0.255 e. The van der Waals surface area contributed by atoms with Crippen LogP contribution in [0.15, 0.2) is 72.8 Å². The topological polar surface area (TPSA) is 38.3 Å². The van der Waals surface area contributed by atoms with Gasteiger partial charge in [0.15, 0.2) is 0 Å². The Balaban J connectivity index is 1.72. The molecule has 0 aliphatic heterocycles. The third-order valence-corrected chi connectivity index (χ3v) is 4.42. The van der Waals surface area contributed by atoms with Gasteiger partial charge in [-0.15, -0.1) is 0 Å². The van der Waals surface area contributed by atoms with Crippen molar-refractivity contribution >= 4 is 29.1 Å². The number of carbonyl (C=O) groups is 1. The van der Waals surface area contributed by atoms with Gasteiger partial charge < -0.3 is 10.1 Å². The normalized spacial score (nSPS) is 10.4. The predicted octanol–water partition coefficient (Wildman–Crippen LogP) is 5.50. The van der Waals surface area contributed by atoms with Crippen molar-refractivity contribution in [3.8, 4) is 5.75 Å². The van der Waals surface area contributed by atoms with Crippen LogP contribution in [0.2, 0.25) is 10.0 Å². The van der Waals surface area contributed by atoms with Crippen molar-refractivity contribution < 1.29 is 9.53 Å². The molecule has 0 aliphatic carbocycles. The highest BCUT2D eigenvalue weighted by Crippen LogP contribution is 2.24. The minimum absolute atomic E-state index is 0.268. The molecule has 0 bridgehead atoms. The molecular weight excluding hydrogens is 369 g/mol. The van der Waals surface area contributed by atoms with E-state index in [1.165, 1.54) is 0 Å². The second-order valence-corrected chi connectivity index (χ2v) is 6.53. The van der Waals surface area contributed by atoms with Crippen LogP contribution >= 0.6 is 23.2 Å². The average molecular weight is 386 g/mol. The SMILES string of the molecule is O=C(NCc1ccccc1Cl)c1cc(Cl)ccc1OCc1ccccc1. The molecule has 3 aromatic carbocycles. The lowest BCUT2D eigenvalue weighted by Crippen LogP contribution is -2.23. The first-order valence-corrected chi connectivity index (χ1v) is 8.87. The quantitative estimate of drug-likeness (QED) is 0.607. The van der Waals surface area contributed by atoms with Gasteiger partial charge in [-0.05, 0) is 35.4 Å². The van der Waals surface area contributed by atoms with Gasteiger partial charge in [0, 0.05) is 16.6 Å². The van der Waals surface area contributed by atoms with Gasteiger partial charge in [-0.1, -0.05) is 71.7 Å². The van der Waals surface area contributed by atoms with Crippen LogP contribution in [-0.4, -0.2) is 5.91 Å². The molecule has 0 saturated carbocycles. The highest BCUT2D eigenvalue weighted by atomic mass is 35.5. The number of amides is 1. The molecule has 1 N–H and O–H groups in total. The molecule has 3 nitrogen and oxygen atoms in total. The maximum absolute atomic E-state index is 12.6. The average Bonchev–Trinajstić information content (AvgIpc) is 2.67. The number of benzene rings is 3. The number of ether oxygens (including phenoxy) is 1. The largest absolute Gasteiger partial charge is 0.488 e. The molecule has 1 amide bonds. The van der Waals surface area contributed by atoms with Crippen LogP contribution < -0.4 is 10.1 Å². The molecule has 0 heterocycles. The summed E-state index contributed by atoms with van der Waals surface area (Å²) in [5, 5.41) is 3.94. The maximum atomic E-state index is 12.6. The van der Waals surface area contributed by atoms with Gasteiger partial charge in [0.1, 0.15) is 12.4 Å². The molecular formula is C21H17Cl2NO2. The Morgan fingerprint density at radius 3 is 2.42 bits per heavy atom. The first-order chi connectivity index (χ1) is 12.6. The van der Waals surface area contributed by atoms with E-state index in [1.807, 2.05) is 48.5 Å². The van der Waals surface area contributed by atoms with E-state index in [2.05, 4.69) is 5.32 Å². The fraction of sp³-hybridized carbons (Fsp3) is 0.0952. The van der Waals surface area contributed by atoms with E-state index < -0.39 is 0 Å². The van der Waals surface area contributed by atoms with Crippen LogP contribution in [-0.2, 0) is 13.2 Å². The third-order valence-electron chi connectivity index (χ3n) is 3.82. The molecule has 3 aromatic rings. The highest BCUT2D eigenvalue weighted by molar-refractivity contribution is 6.31. The molecule has 0 aromatic heterocycles. The number of hydrogen-bond acceptors (Lipinski definition) is 2. The molecule has 5 heteroatoms. The molecule has 132 valence electrons. The standard InChI is InChI=1S/C21H17Cl2NO2/c22-17-10-11-20(26-14-15-6-2-1-3-7-15)18(12-17)21(25)24-13-16-8-4-5-9-19(16)23/h1-12H,13-14H2,(H,24,25). The van der Waals surface area contributed by atoms with E-state index >= 15 is 0 Å². The van der Waals surface area contributed by atoms with E-state index in [-0.39, 0.29) is 5.91 Å². The zero-order valence-corrected chi connectivity index (χ0v) is 15.4. The van der Waals surface area contributed by atoms with Gasteiger partial charge in [-0.2, -0.15) is 0 Å². The summed E-state index contributed by atoms with van der Waals surface area (Å²) in [5.74, 6) is 0.213. The van der Waals surface area contributed by atoms with Crippen molar-refractivity contribution in [3.63, 3.8) is 0 Å². The van der Waals surface area contributed by atoms with E-state index in [0.29, 0.717) is 34.5 Å². The van der Waals surface area contributed by atoms with Crippen LogP contribution in [0.3, 0.4) is 0 Å². The molecule has 0 radical (unpaired) electrons. The molecule has 0 aliphatic rings. The first-order valence-electron chi connectivity index (χ1n) is 8.11. The summed E-state index contributed by atoms with van der Waals surface area (Å²) in [6, 6.07) is 22.1. The predicted molar refractivity (Wildman–Crippen MR) is 105 cm³/mol. The van der Waals surface area contributed by atoms with Crippen LogP contribution in [0.5, 0.6) is 5.75 Å². The number of nitrogens with one attached hydrogen (secondary N) is 1. The van der Waals surface area contributed by atoms with Crippen molar-refractivity contribution in [1.82, 2.24) is 5.32 Å². The van der Waals surface area contributed by atoms with Crippen LogP contribution in [0.25, 0.3) is 0 Å². The van der Waals surface area contributed by atoms with Crippen molar-refractivity contribution in [3.05, 3.63) is 99.5 Å². The second kappa shape index (κ2) is 8.75. The summed E-state index contributed by atoms with van der Waals surface area (Å²) in [6.07, 6.45) is 0. The van der Waals surface area contributed by atoms with E-state index in [4.69, 9.17) is 27.9 Å². The monoisotopic (exact) mass is 385 g/mol. The summed E-state index contributed by atoms with van der Waals surface area (Å²) < 4.78 is 5.83. The Morgan fingerprint density at radius 1 is 0.923 bits per heavy atom. The van der Waals surface area contributed by atoms with Gasteiger partial charge in [-0.25, -0.2) is 0 Å². The molecule has 0 fully saturated rings. The Morgan fingerprint density at radius 2 is 1.65 bits per heavy atom.